The highest BCUT2D eigenvalue weighted by molar-refractivity contribution is 5.99. The van der Waals surface area contributed by atoms with Gasteiger partial charge < -0.3 is 0 Å². The maximum Gasteiger partial charge on any atom is 0.238 e. The highest BCUT2D eigenvalue weighted by Gasteiger charge is 2.49. The van der Waals surface area contributed by atoms with Crippen molar-refractivity contribution in [2.75, 3.05) is 4.90 Å². The van der Waals surface area contributed by atoms with Gasteiger partial charge in [0.15, 0.2) is 11.6 Å². The molecule has 0 saturated heterocycles. The van der Waals surface area contributed by atoms with E-state index < -0.39 is 0 Å². The Hall–Kier alpha value is -6.13. The first-order valence-electron chi connectivity index (χ1n) is 16.1. The minimum absolute atomic E-state index is 0.101. The molecule has 6 aromatic rings. The maximum atomic E-state index is 5.23. The van der Waals surface area contributed by atoms with Crippen molar-refractivity contribution in [3.05, 3.63) is 186 Å². The van der Waals surface area contributed by atoms with Crippen molar-refractivity contribution in [3.63, 3.8) is 0 Å². The lowest BCUT2D eigenvalue weighted by atomic mass is 9.68. The first-order chi connectivity index (χ1) is 23.3. The molecule has 3 aliphatic carbocycles. The second-order valence-corrected chi connectivity index (χ2v) is 12.4. The van der Waals surface area contributed by atoms with Gasteiger partial charge in [0.2, 0.25) is 5.95 Å². The molecule has 4 heteroatoms. The van der Waals surface area contributed by atoms with Crippen LogP contribution < -0.4 is 4.90 Å². The second-order valence-electron chi connectivity index (χ2n) is 12.4. The number of benzene rings is 5. The van der Waals surface area contributed by atoms with Gasteiger partial charge in [0.25, 0.3) is 0 Å². The molecule has 0 bridgehead atoms. The molecule has 0 radical (unpaired) electrons. The summed E-state index contributed by atoms with van der Waals surface area (Å²) < 4.78 is 0. The zero-order chi connectivity index (χ0) is 30.9. The number of hydrogen-bond acceptors (Lipinski definition) is 4. The first-order valence-corrected chi connectivity index (χ1v) is 16.1. The highest BCUT2D eigenvalue weighted by atomic mass is 15.3. The van der Waals surface area contributed by atoms with Crippen molar-refractivity contribution in [1.82, 2.24) is 15.0 Å². The fraction of sp³-hybridized carbons (Fsp3) is 0.0465. The molecule has 0 amide bonds. The fourth-order valence-corrected chi connectivity index (χ4v) is 7.92. The predicted molar refractivity (Wildman–Crippen MR) is 190 cm³/mol. The normalized spacial score (nSPS) is 18.3. The predicted octanol–water partition coefficient (Wildman–Crippen LogP) is 10.0. The standard InChI is InChI=1S/C43H28N4/c1-4-14-27(15-5-1)35-26-37-40-38-32(22-12-23-34(35)38)30-20-10-11-21-31(30)33-24-13-25-36(39(33)40)47(37)43-45-41(28-16-6-2-7-17-28)44-42(46-43)29-18-8-3-9-19-29/h1-26,38,40H. The van der Waals surface area contributed by atoms with Gasteiger partial charge in [-0.15, -0.1) is 0 Å². The van der Waals surface area contributed by atoms with E-state index in [0.29, 0.717) is 17.6 Å². The van der Waals surface area contributed by atoms with Gasteiger partial charge in [0.05, 0.1) is 5.69 Å². The largest absolute Gasteiger partial charge is 0.282 e. The number of hydrogen-bond donors (Lipinski definition) is 0. The number of anilines is 2. The summed E-state index contributed by atoms with van der Waals surface area (Å²) in [6.07, 6.45) is 9.28. The quantitative estimate of drug-likeness (QED) is 0.202. The SMILES string of the molecule is C1=CC2=C(c3ccccc3)C=C3C4c5c(cccc5N3c3nc(-c5ccccc5)nc(-c5ccccc5)n3)-c3ccccc3C(=C1)C24. The van der Waals surface area contributed by atoms with Gasteiger partial charge in [-0.1, -0.05) is 146 Å². The van der Waals surface area contributed by atoms with Crippen LogP contribution in [0.4, 0.5) is 11.6 Å². The van der Waals surface area contributed by atoms with E-state index in [1.54, 1.807) is 0 Å². The Labute approximate surface area is 273 Å². The summed E-state index contributed by atoms with van der Waals surface area (Å²) in [6.45, 7) is 0. The van der Waals surface area contributed by atoms with Gasteiger partial charge in [-0.05, 0) is 56.7 Å². The number of nitrogens with zero attached hydrogens (tertiary/aromatic N) is 4. The molecule has 47 heavy (non-hydrogen) atoms. The van der Waals surface area contributed by atoms with Gasteiger partial charge in [0.1, 0.15) is 0 Å². The number of allylic oxidation sites excluding steroid dienone is 8. The second kappa shape index (κ2) is 10.2. The van der Waals surface area contributed by atoms with Crippen LogP contribution in [0.1, 0.15) is 22.6 Å². The van der Waals surface area contributed by atoms with E-state index in [1.165, 1.54) is 50.2 Å². The Balaban J connectivity index is 1.29. The fourth-order valence-electron chi connectivity index (χ4n) is 7.92. The third-order valence-corrected chi connectivity index (χ3v) is 9.87. The Kier molecular flexibility index (Phi) is 5.67. The van der Waals surface area contributed by atoms with Gasteiger partial charge in [-0.2, -0.15) is 9.97 Å². The van der Waals surface area contributed by atoms with Crippen molar-refractivity contribution < 1.29 is 0 Å². The summed E-state index contributed by atoms with van der Waals surface area (Å²) in [5.74, 6) is 2.19. The van der Waals surface area contributed by atoms with E-state index in [-0.39, 0.29) is 11.8 Å². The molecule has 2 atom stereocenters. The molecule has 1 aliphatic heterocycles. The lowest BCUT2D eigenvalue weighted by Gasteiger charge is -2.36. The van der Waals surface area contributed by atoms with Crippen LogP contribution in [0.5, 0.6) is 0 Å². The van der Waals surface area contributed by atoms with E-state index in [9.17, 15) is 0 Å². The topological polar surface area (TPSA) is 41.9 Å². The maximum absolute atomic E-state index is 5.23. The number of aromatic nitrogens is 3. The molecule has 2 heterocycles. The van der Waals surface area contributed by atoms with Crippen LogP contribution in [0.15, 0.2) is 169 Å². The van der Waals surface area contributed by atoms with Crippen molar-refractivity contribution in [1.29, 1.82) is 0 Å². The zero-order valence-corrected chi connectivity index (χ0v) is 25.5. The molecule has 0 saturated carbocycles. The van der Waals surface area contributed by atoms with Crippen LogP contribution in [0.3, 0.4) is 0 Å². The van der Waals surface area contributed by atoms with Crippen LogP contribution in [0.2, 0.25) is 0 Å². The third-order valence-electron chi connectivity index (χ3n) is 9.87. The molecular weight excluding hydrogens is 573 g/mol. The van der Waals surface area contributed by atoms with Crippen LogP contribution >= 0.6 is 0 Å². The van der Waals surface area contributed by atoms with E-state index in [1.807, 2.05) is 36.4 Å². The molecule has 2 unspecified atom stereocenters. The van der Waals surface area contributed by atoms with E-state index in [0.717, 1.165) is 16.8 Å². The summed E-state index contributed by atoms with van der Waals surface area (Å²) in [5.41, 5.74) is 14.6. The summed E-state index contributed by atoms with van der Waals surface area (Å²) >= 11 is 0. The van der Waals surface area contributed by atoms with Crippen LogP contribution in [0.25, 0.3) is 45.0 Å². The number of rotatable bonds is 4. The highest BCUT2D eigenvalue weighted by Crippen LogP contribution is 2.63. The van der Waals surface area contributed by atoms with E-state index >= 15 is 0 Å². The smallest absolute Gasteiger partial charge is 0.238 e. The van der Waals surface area contributed by atoms with Gasteiger partial charge >= 0.3 is 0 Å². The van der Waals surface area contributed by atoms with E-state index in [4.69, 9.17) is 15.0 Å². The number of fused-ring (bicyclic) bond motifs is 3. The zero-order valence-electron chi connectivity index (χ0n) is 25.5. The molecule has 1 aromatic heterocycles. The molecule has 5 aromatic carbocycles. The van der Waals surface area contributed by atoms with Gasteiger partial charge in [-0.3, -0.25) is 4.90 Å². The van der Waals surface area contributed by atoms with Crippen LogP contribution in [-0.4, -0.2) is 15.0 Å². The molecule has 220 valence electrons. The molecule has 4 nitrogen and oxygen atoms in total. The summed E-state index contributed by atoms with van der Waals surface area (Å²) in [5, 5.41) is 0. The Morgan fingerprint density at radius 2 is 1.11 bits per heavy atom. The first kappa shape index (κ1) is 26.1. The van der Waals surface area contributed by atoms with Crippen LogP contribution in [0, 0.1) is 5.92 Å². The summed E-state index contributed by atoms with van der Waals surface area (Å²) in [7, 11) is 0. The average molecular weight is 601 g/mol. The summed E-state index contributed by atoms with van der Waals surface area (Å²) in [6, 6.07) is 46.8. The molecule has 10 rings (SSSR count). The Morgan fingerprint density at radius 1 is 0.511 bits per heavy atom. The van der Waals surface area contributed by atoms with Gasteiger partial charge in [-0.25, -0.2) is 4.98 Å². The minimum Gasteiger partial charge on any atom is -0.282 e. The monoisotopic (exact) mass is 600 g/mol. The molecule has 0 fully saturated rings. The minimum atomic E-state index is 0.101. The van der Waals surface area contributed by atoms with Crippen LogP contribution in [-0.2, 0) is 0 Å². The van der Waals surface area contributed by atoms with E-state index in [2.05, 4.69) is 126 Å². The summed E-state index contributed by atoms with van der Waals surface area (Å²) in [4.78, 5) is 17.8. The molecular formula is C43H28N4. The van der Waals surface area contributed by atoms with Crippen molar-refractivity contribution in [2.24, 2.45) is 5.92 Å². The lowest BCUT2D eigenvalue weighted by Crippen LogP contribution is -2.26. The average Bonchev–Trinajstić information content (AvgIpc) is 3.43. The Morgan fingerprint density at radius 3 is 1.79 bits per heavy atom. The molecule has 0 N–H and O–H groups in total. The molecule has 0 spiro atoms. The lowest BCUT2D eigenvalue weighted by molar-refractivity contribution is 0.673. The van der Waals surface area contributed by atoms with Crippen molar-refractivity contribution in [3.8, 4) is 33.9 Å². The molecule has 4 aliphatic rings. The third kappa shape index (κ3) is 3.91. The van der Waals surface area contributed by atoms with Crippen molar-refractivity contribution in [2.45, 2.75) is 5.92 Å². The van der Waals surface area contributed by atoms with Crippen molar-refractivity contribution >= 4 is 22.8 Å². The Bertz CT molecular complexity index is 2290. The van der Waals surface area contributed by atoms with Gasteiger partial charge in [0, 0.05) is 28.7 Å².